The van der Waals surface area contributed by atoms with Gasteiger partial charge < -0.3 is 5.11 Å². The minimum Gasteiger partial charge on any atom is -0.396 e. The highest BCUT2D eigenvalue weighted by Gasteiger charge is 2.35. The maximum atomic E-state index is 10.2. The van der Waals surface area contributed by atoms with Gasteiger partial charge in [-0.15, -0.1) is 0 Å². The van der Waals surface area contributed by atoms with E-state index in [0.29, 0.717) is 0 Å². The zero-order valence-corrected chi connectivity index (χ0v) is 15.1. The second-order valence-corrected chi connectivity index (χ2v) is 7.63. The first-order chi connectivity index (χ1) is 12.8. The van der Waals surface area contributed by atoms with Crippen molar-refractivity contribution in [2.45, 2.75) is 25.8 Å². The van der Waals surface area contributed by atoms with Gasteiger partial charge in [-0.2, -0.15) is 0 Å². The molecule has 1 saturated heterocycles. The molecule has 0 aliphatic carbocycles. The fraction of sp³-hybridized carbons (Fsp3) is 0.348. The van der Waals surface area contributed by atoms with Crippen LogP contribution in [0.4, 0.5) is 0 Å². The second kappa shape index (κ2) is 7.56. The Bertz CT molecular complexity index is 859. The van der Waals surface area contributed by atoms with Gasteiger partial charge in [-0.3, -0.25) is 9.88 Å². The second-order valence-electron chi connectivity index (χ2n) is 7.63. The molecule has 2 aromatic carbocycles. The van der Waals surface area contributed by atoms with Crippen molar-refractivity contribution in [1.82, 2.24) is 9.88 Å². The first-order valence-electron chi connectivity index (χ1n) is 9.48. The van der Waals surface area contributed by atoms with Gasteiger partial charge in [-0.05, 0) is 43.0 Å². The number of fused-ring (bicyclic) bond motifs is 1. The first-order valence-corrected chi connectivity index (χ1v) is 9.48. The van der Waals surface area contributed by atoms with Crippen molar-refractivity contribution < 1.29 is 5.11 Å². The zero-order valence-electron chi connectivity index (χ0n) is 15.1. The molecule has 3 aromatic rings. The number of aromatic nitrogens is 1. The Hall–Kier alpha value is -2.23. The molecule has 1 fully saturated rings. The number of rotatable bonds is 5. The summed E-state index contributed by atoms with van der Waals surface area (Å²) in [6.07, 6.45) is 5.03. The van der Waals surface area contributed by atoms with E-state index in [0.717, 1.165) is 44.4 Å². The smallest absolute Gasteiger partial charge is 0.0746 e. The summed E-state index contributed by atoms with van der Waals surface area (Å²) in [5.74, 6) is 0. The first kappa shape index (κ1) is 17.2. The Morgan fingerprint density at radius 1 is 1.00 bits per heavy atom. The lowest BCUT2D eigenvalue weighted by Crippen LogP contribution is -2.46. The van der Waals surface area contributed by atoms with Crippen LogP contribution in [0.25, 0.3) is 10.9 Å². The summed E-state index contributed by atoms with van der Waals surface area (Å²) < 4.78 is 0. The van der Waals surface area contributed by atoms with Crippen LogP contribution in [-0.2, 0) is 13.0 Å². The number of hydrogen-bond acceptors (Lipinski definition) is 3. The lowest BCUT2D eigenvalue weighted by atomic mass is 9.75. The molecular formula is C23H26N2O. The lowest BCUT2D eigenvalue weighted by Gasteiger charge is -2.42. The molecule has 2 heterocycles. The Morgan fingerprint density at radius 3 is 2.69 bits per heavy atom. The average Bonchev–Trinajstić information content (AvgIpc) is 2.69. The highest BCUT2D eigenvalue weighted by molar-refractivity contribution is 5.81. The third-order valence-electron chi connectivity index (χ3n) is 5.61. The molecule has 26 heavy (non-hydrogen) atoms. The number of aliphatic hydroxyl groups is 1. The number of likely N-dealkylation sites (tertiary alicyclic amines) is 1. The van der Waals surface area contributed by atoms with Crippen LogP contribution in [0.15, 0.2) is 66.9 Å². The molecule has 0 bridgehead atoms. The van der Waals surface area contributed by atoms with E-state index in [4.69, 9.17) is 0 Å². The van der Waals surface area contributed by atoms with Gasteiger partial charge in [0.15, 0.2) is 0 Å². The monoisotopic (exact) mass is 346 g/mol. The topological polar surface area (TPSA) is 36.4 Å². The summed E-state index contributed by atoms with van der Waals surface area (Å²) in [6.45, 7) is 3.15. The van der Waals surface area contributed by atoms with Crippen molar-refractivity contribution in [2.24, 2.45) is 5.41 Å². The lowest BCUT2D eigenvalue weighted by molar-refractivity contribution is 0.0290. The molecular weight excluding hydrogens is 320 g/mol. The van der Waals surface area contributed by atoms with Gasteiger partial charge in [0.1, 0.15) is 0 Å². The predicted molar refractivity (Wildman–Crippen MR) is 106 cm³/mol. The number of benzene rings is 2. The summed E-state index contributed by atoms with van der Waals surface area (Å²) in [6, 6.07) is 21.1. The Balaban J connectivity index is 1.54. The van der Waals surface area contributed by atoms with Gasteiger partial charge in [0.2, 0.25) is 0 Å². The normalized spacial score (nSPS) is 21.1. The van der Waals surface area contributed by atoms with Gasteiger partial charge in [-0.25, -0.2) is 0 Å². The molecule has 1 atom stereocenters. The van der Waals surface area contributed by atoms with Crippen molar-refractivity contribution >= 4 is 10.9 Å². The van der Waals surface area contributed by atoms with E-state index in [1.165, 1.54) is 16.5 Å². The van der Waals surface area contributed by atoms with Crippen molar-refractivity contribution in [3.63, 3.8) is 0 Å². The molecule has 1 aliphatic rings. The van der Waals surface area contributed by atoms with Crippen LogP contribution in [-0.4, -0.2) is 34.7 Å². The molecule has 1 unspecified atom stereocenters. The molecule has 0 radical (unpaired) electrons. The van der Waals surface area contributed by atoms with Gasteiger partial charge in [-0.1, -0.05) is 54.6 Å². The van der Waals surface area contributed by atoms with E-state index in [-0.39, 0.29) is 12.0 Å². The third-order valence-corrected chi connectivity index (χ3v) is 5.61. The predicted octanol–water partition coefficient (Wildman–Crippen LogP) is 4.05. The summed E-state index contributed by atoms with van der Waals surface area (Å²) in [4.78, 5) is 7.09. The van der Waals surface area contributed by atoms with Crippen LogP contribution in [0.2, 0.25) is 0 Å². The fourth-order valence-electron chi connectivity index (χ4n) is 4.34. The summed E-state index contributed by atoms with van der Waals surface area (Å²) in [5, 5.41) is 11.4. The Labute approximate surface area is 155 Å². The Kier molecular flexibility index (Phi) is 5.00. The summed E-state index contributed by atoms with van der Waals surface area (Å²) in [7, 11) is 0. The maximum absolute atomic E-state index is 10.2. The minimum atomic E-state index is -0.0440. The van der Waals surface area contributed by atoms with Gasteiger partial charge in [0, 0.05) is 30.1 Å². The van der Waals surface area contributed by atoms with Crippen molar-refractivity contribution in [3.05, 3.63) is 78.0 Å². The third kappa shape index (κ3) is 3.64. The van der Waals surface area contributed by atoms with Gasteiger partial charge in [0.05, 0.1) is 12.1 Å². The van der Waals surface area contributed by atoms with Crippen molar-refractivity contribution in [2.75, 3.05) is 19.7 Å². The van der Waals surface area contributed by atoms with Crippen LogP contribution < -0.4 is 0 Å². The van der Waals surface area contributed by atoms with Crippen molar-refractivity contribution in [1.29, 1.82) is 0 Å². The quantitative estimate of drug-likeness (QED) is 0.757. The zero-order chi connectivity index (χ0) is 17.8. The van der Waals surface area contributed by atoms with E-state index in [1.807, 2.05) is 12.3 Å². The fourth-order valence-corrected chi connectivity index (χ4v) is 4.34. The minimum absolute atomic E-state index is 0.0440. The molecule has 1 aliphatic heterocycles. The number of piperidine rings is 1. The van der Waals surface area contributed by atoms with Crippen LogP contribution in [0.1, 0.15) is 24.0 Å². The summed E-state index contributed by atoms with van der Waals surface area (Å²) in [5.41, 5.74) is 3.64. The number of hydrogen-bond donors (Lipinski definition) is 1. The van der Waals surface area contributed by atoms with Gasteiger partial charge in [0.25, 0.3) is 0 Å². The van der Waals surface area contributed by atoms with E-state index >= 15 is 0 Å². The molecule has 1 N–H and O–H groups in total. The van der Waals surface area contributed by atoms with Crippen LogP contribution in [0.5, 0.6) is 0 Å². The highest BCUT2D eigenvalue weighted by atomic mass is 16.3. The molecule has 134 valence electrons. The molecule has 1 aromatic heterocycles. The number of nitrogens with zero attached hydrogens (tertiary/aromatic N) is 2. The van der Waals surface area contributed by atoms with Crippen LogP contribution in [0, 0.1) is 5.41 Å². The average molecular weight is 346 g/mol. The van der Waals surface area contributed by atoms with Crippen molar-refractivity contribution in [3.8, 4) is 0 Å². The molecule has 0 spiro atoms. The molecule has 4 rings (SSSR count). The molecule has 0 saturated carbocycles. The maximum Gasteiger partial charge on any atom is 0.0746 e. The number of para-hydroxylation sites is 1. The standard InChI is InChI=1S/C23H26N2O/c26-18-23(15-19-7-2-1-3-8-19)12-6-14-25(17-23)16-21-10-4-9-20-11-5-13-24-22(20)21/h1-5,7-11,13,26H,6,12,14-18H2. The van der Waals surface area contributed by atoms with E-state index in [9.17, 15) is 5.11 Å². The number of aliphatic hydroxyl groups excluding tert-OH is 1. The van der Waals surface area contributed by atoms with E-state index < -0.39 is 0 Å². The Morgan fingerprint density at radius 2 is 1.85 bits per heavy atom. The SMILES string of the molecule is OCC1(Cc2ccccc2)CCCN(Cc2cccc3cccnc23)C1. The molecule has 0 amide bonds. The molecule has 3 heteroatoms. The van der Waals surface area contributed by atoms with E-state index in [2.05, 4.69) is 64.5 Å². The highest BCUT2D eigenvalue weighted by Crippen LogP contribution is 2.34. The largest absolute Gasteiger partial charge is 0.396 e. The van der Waals surface area contributed by atoms with E-state index in [1.54, 1.807) is 0 Å². The molecule has 3 nitrogen and oxygen atoms in total. The summed E-state index contributed by atoms with van der Waals surface area (Å²) >= 11 is 0. The number of pyridine rings is 1. The van der Waals surface area contributed by atoms with Gasteiger partial charge >= 0.3 is 0 Å². The van der Waals surface area contributed by atoms with Crippen LogP contribution >= 0.6 is 0 Å². The van der Waals surface area contributed by atoms with Crippen LogP contribution in [0.3, 0.4) is 0 Å².